The summed E-state index contributed by atoms with van der Waals surface area (Å²) in [5.74, 6) is 0.116. The summed E-state index contributed by atoms with van der Waals surface area (Å²) < 4.78 is 26.4. The molecule has 4 heterocycles. The smallest absolute Gasteiger partial charge is 0.247 e. The number of carbonyl (C=O) groups is 1. The van der Waals surface area contributed by atoms with E-state index in [-0.39, 0.29) is 29.5 Å². The highest BCUT2D eigenvalue weighted by atomic mass is 35.5. The van der Waals surface area contributed by atoms with Gasteiger partial charge in [-0.1, -0.05) is 23.7 Å². The molecular weight excluding hydrogens is 468 g/mol. The van der Waals surface area contributed by atoms with Crippen molar-refractivity contribution in [1.29, 1.82) is 0 Å². The van der Waals surface area contributed by atoms with E-state index < -0.39 is 9.84 Å². The van der Waals surface area contributed by atoms with Crippen LogP contribution in [0.3, 0.4) is 0 Å². The molecule has 2 saturated heterocycles. The zero-order valence-electron chi connectivity index (χ0n) is 17.6. The van der Waals surface area contributed by atoms with E-state index in [0.29, 0.717) is 29.4 Å². The van der Waals surface area contributed by atoms with Gasteiger partial charge in [0.05, 0.1) is 39.5 Å². The van der Waals surface area contributed by atoms with E-state index >= 15 is 0 Å². The van der Waals surface area contributed by atoms with E-state index in [1.165, 1.54) is 6.08 Å². The second-order valence-electron chi connectivity index (χ2n) is 8.33. The number of hydrogen-bond acceptors (Lipinski definition) is 6. The molecule has 7 nitrogen and oxygen atoms in total. The number of amides is 1. The van der Waals surface area contributed by atoms with Gasteiger partial charge in [0.1, 0.15) is 10.2 Å². The minimum atomic E-state index is -3.05. The lowest BCUT2D eigenvalue weighted by Crippen LogP contribution is -2.28. The van der Waals surface area contributed by atoms with E-state index in [2.05, 4.69) is 11.2 Å². The maximum absolute atomic E-state index is 13.1. The molecule has 1 aromatic carbocycles. The van der Waals surface area contributed by atoms with Gasteiger partial charge in [-0.25, -0.2) is 18.1 Å². The number of aryl methyl sites for hydroxylation is 1. The Labute approximate surface area is 195 Å². The average molecular weight is 491 g/mol. The summed E-state index contributed by atoms with van der Waals surface area (Å²) in [5.41, 5.74) is 2.29. The summed E-state index contributed by atoms with van der Waals surface area (Å²) in [6, 6.07) is 7.74. The van der Waals surface area contributed by atoms with Crippen LogP contribution >= 0.6 is 22.9 Å². The Morgan fingerprint density at radius 1 is 1.28 bits per heavy atom. The van der Waals surface area contributed by atoms with Gasteiger partial charge in [-0.3, -0.25) is 4.79 Å². The molecule has 5 rings (SSSR count). The fourth-order valence-corrected chi connectivity index (χ4v) is 7.68. The second kappa shape index (κ2) is 8.28. The molecule has 2 unspecified atom stereocenters. The molecule has 168 valence electrons. The van der Waals surface area contributed by atoms with Crippen molar-refractivity contribution in [3.63, 3.8) is 0 Å². The summed E-state index contributed by atoms with van der Waals surface area (Å²) >= 11 is 8.18. The van der Waals surface area contributed by atoms with Crippen LogP contribution in [0.25, 0.3) is 16.3 Å². The summed E-state index contributed by atoms with van der Waals surface area (Å²) in [4.78, 5) is 19.7. The lowest BCUT2D eigenvalue weighted by Gasteiger charge is -2.21. The molecule has 0 spiro atoms. The number of hydrogen-bond donors (Lipinski definition) is 0. The summed E-state index contributed by atoms with van der Waals surface area (Å²) in [6.45, 7) is 2.51. The highest BCUT2D eigenvalue weighted by Crippen LogP contribution is 2.37. The van der Waals surface area contributed by atoms with Gasteiger partial charge >= 0.3 is 0 Å². The van der Waals surface area contributed by atoms with E-state index in [4.69, 9.17) is 16.6 Å². The number of aromatic nitrogens is 3. The maximum Gasteiger partial charge on any atom is 0.247 e. The Kier molecular flexibility index (Phi) is 5.59. The third kappa shape index (κ3) is 3.97. The topological polar surface area (TPSA) is 85.2 Å². The quantitative estimate of drug-likeness (QED) is 0.512. The van der Waals surface area contributed by atoms with Crippen molar-refractivity contribution in [3.05, 3.63) is 51.8 Å². The van der Waals surface area contributed by atoms with E-state index in [1.807, 2.05) is 30.0 Å². The van der Waals surface area contributed by atoms with Crippen LogP contribution in [0.2, 0.25) is 5.15 Å². The number of carbonyl (C=O) groups excluding carboxylic acids is 1. The van der Waals surface area contributed by atoms with Crippen molar-refractivity contribution in [3.8, 4) is 0 Å². The number of sulfone groups is 1. The molecule has 0 aliphatic carbocycles. The molecule has 2 aromatic heterocycles. The monoisotopic (exact) mass is 490 g/mol. The Bertz CT molecular complexity index is 1300. The van der Waals surface area contributed by atoms with Crippen LogP contribution in [-0.2, 0) is 14.6 Å². The molecule has 2 atom stereocenters. The van der Waals surface area contributed by atoms with Crippen molar-refractivity contribution in [1.82, 2.24) is 19.7 Å². The van der Waals surface area contributed by atoms with Crippen molar-refractivity contribution >= 4 is 55.0 Å². The molecule has 0 saturated carbocycles. The van der Waals surface area contributed by atoms with E-state index in [1.54, 1.807) is 22.1 Å². The number of nitrogens with zero attached hydrogens (tertiary/aromatic N) is 4. The summed E-state index contributed by atoms with van der Waals surface area (Å²) in [6.07, 6.45) is 5.57. The van der Waals surface area contributed by atoms with Crippen LogP contribution in [-0.4, -0.2) is 52.0 Å². The molecule has 3 aromatic rings. The van der Waals surface area contributed by atoms with Gasteiger partial charge in [0.15, 0.2) is 9.84 Å². The Balaban J connectivity index is 1.36. The van der Waals surface area contributed by atoms with Crippen LogP contribution < -0.4 is 0 Å². The number of thiazole rings is 1. The minimum absolute atomic E-state index is 0.0208. The van der Waals surface area contributed by atoms with Crippen molar-refractivity contribution in [2.45, 2.75) is 38.3 Å². The average Bonchev–Trinajstić information content (AvgIpc) is 3.52. The number of rotatable bonds is 4. The first-order chi connectivity index (χ1) is 15.3. The highest BCUT2D eigenvalue weighted by Gasteiger charge is 2.33. The van der Waals surface area contributed by atoms with Crippen LogP contribution in [0.5, 0.6) is 0 Å². The molecular formula is C22H23ClN4O3S2. The second-order valence-corrected chi connectivity index (χ2v) is 12.0. The molecule has 0 N–H and O–H groups in total. The predicted molar refractivity (Wildman–Crippen MR) is 127 cm³/mol. The molecule has 0 radical (unpaired) electrons. The van der Waals surface area contributed by atoms with Gasteiger partial charge in [0.2, 0.25) is 5.91 Å². The molecule has 32 heavy (non-hydrogen) atoms. The van der Waals surface area contributed by atoms with E-state index in [9.17, 15) is 13.2 Å². The summed E-state index contributed by atoms with van der Waals surface area (Å²) in [7, 11) is -3.05. The first-order valence-corrected chi connectivity index (χ1v) is 13.6. The Morgan fingerprint density at radius 2 is 2.09 bits per heavy atom. The number of halogens is 1. The van der Waals surface area contributed by atoms with Gasteiger partial charge in [0, 0.05) is 18.2 Å². The van der Waals surface area contributed by atoms with E-state index in [0.717, 1.165) is 28.1 Å². The van der Waals surface area contributed by atoms with Gasteiger partial charge < -0.3 is 4.90 Å². The molecule has 2 fully saturated rings. The minimum Gasteiger partial charge on any atom is -0.330 e. The first kappa shape index (κ1) is 21.6. The van der Waals surface area contributed by atoms with Gasteiger partial charge in [-0.05, 0) is 44.4 Å². The van der Waals surface area contributed by atoms with Crippen LogP contribution in [0.4, 0.5) is 0 Å². The fourth-order valence-electron chi connectivity index (χ4n) is 4.50. The predicted octanol–water partition coefficient (Wildman–Crippen LogP) is 4.19. The van der Waals surface area contributed by atoms with Crippen molar-refractivity contribution in [2.24, 2.45) is 0 Å². The van der Waals surface area contributed by atoms with Crippen LogP contribution in [0.15, 0.2) is 30.3 Å². The normalized spacial score (nSPS) is 23.0. The maximum atomic E-state index is 13.1. The van der Waals surface area contributed by atoms with Gasteiger partial charge in [-0.2, -0.15) is 5.10 Å². The molecule has 10 heteroatoms. The Hall–Kier alpha value is -2.23. The molecule has 2 aliphatic rings. The zero-order chi connectivity index (χ0) is 22.5. The molecule has 2 aliphatic heterocycles. The van der Waals surface area contributed by atoms with Gasteiger partial charge in [0.25, 0.3) is 0 Å². The Morgan fingerprint density at radius 3 is 2.84 bits per heavy atom. The third-order valence-electron chi connectivity index (χ3n) is 6.15. The summed E-state index contributed by atoms with van der Waals surface area (Å²) in [5, 5.41) is 5.80. The lowest BCUT2D eigenvalue weighted by molar-refractivity contribution is -0.126. The number of benzene rings is 1. The van der Waals surface area contributed by atoms with Crippen molar-refractivity contribution < 1.29 is 13.2 Å². The van der Waals surface area contributed by atoms with Crippen LogP contribution in [0, 0.1) is 6.92 Å². The van der Waals surface area contributed by atoms with Gasteiger partial charge in [-0.15, -0.1) is 11.3 Å². The first-order valence-electron chi connectivity index (χ1n) is 10.6. The number of likely N-dealkylation sites (tertiary alicyclic amines) is 1. The lowest BCUT2D eigenvalue weighted by atomic mass is 10.2. The third-order valence-corrected chi connectivity index (χ3v) is 9.41. The highest BCUT2D eigenvalue weighted by molar-refractivity contribution is 7.91. The standard InChI is InChI=1S/C22H23ClN4O3S2/c1-14-16(21(23)27(25-14)15-10-12-32(29,30)13-15)8-9-20(28)26-11-4-6-18(26)22-24-17-5-2-3-7-19(17)31-22/h2-3,5,7-9,15,18H,4,6,10-13H2,1H3/b9-8+. The largest absolute Gasteiger partial charge is 0.330 e. The number of fused-ring (bicyclic) bond motifs is 1. The SMILES string of the molecule is Cc1nn(C2CCS(=O)(=O)C2)c(Cl)c1/C=C/C(=O)N1CCCC1c1nc2ccccc2s1. The molecule has 0 bridgehead atoms. The molecule has 1 amide bonds. The fraction of sp³-hybridized carbons (Fsp3) is 0.409. The zero-order valence-corrected chi connectivity index (χ0v) is 20.0. The van der Waals surface area contributed by atoms with Crippen LogP contribution in [0.1, 0.15) is 47.6 Å². The number of para-hydroxylation sites is 1. The van der Waals surface area contributed by atoms with Crippen molar-refractivity contribution in [2.75, 3.05) is 18.1 Å².